The van der Waals surface area contributed by atoms with Gasteiger partial charge in [-0.05, 0) is 43.4 Å². The van der Waals surface area contributed by atoms with Crippen LogP contribution in [0, 0.1) is 5.82 Å². The number of nitrogens with one attached hydrogen (secondary N) is 1. The Morgan fingerprint density at radius 1 is 1.17 bits per heavy atom. The summed E-state index contributed by atoms with van der Waals surface area (Å²) in [6, 6.07) is 6.19. The standard InChI is InChI=1S/C18H20FN3O2/c19-14-3-1-13(2-4-14)11-17(23)22-15-5-7-16(8-6-15)24-18-12-20-9-10-21-18/h1-4,9-10,12,15-16H,5-8,11H2,(H,22,23). The van der Waals surface area contributed by atoms with Crippen molar-refractivity contribution >= 4 is 5.91 Å². The highest BCUT2D eigenvalue weighted by Gasteiger charge is 2.23. The van der Waals surface area contributed by atoms with Gasteiger partial charge < -0.3 is 10.1 Å². The van der Waals surface area contributed by atoms with Crippen molar-refractivity contribution in [1.82, 2.24) is 15.3 Å². The molecule has 1 N–H and O–H groups in total. The molecule has 1 aromatic carbocycles. The molecule has 1 saturated carbocycles. The van der Waals surface area contributed by atoms with Gasteiger partial charge in [0.1, 0.15) is 11.9 Å². The van der Waals surface area contributed by atoms with Gasteiger partial charge in [0.2, 0.25) is 11.8 Å². The number of nitrogens with zero attached hydrogens (tertiary/aromatic N) is 2. The number of hydrogen-bond acceptors (Lipinski definition) is 4. The molecule has 1 aliphatic rings. The van der Waals surface area contributed by atoms with Gasteiger partial charge in [0.15, 0.2) is 0 Å². The molecule has 24 heavy (non-hydrogen) atoms. The van der Waals surface area contributed by atoms with Crippen molar-refractivity contribution in [1.29, 1.82) is 0 Å². The fourth-order valence-corrected chi connectivity index (χ4v) is 2.91. The van der Waals surface area contributed by atoms with Gasteiger partial charge >= 0.3 is 0 Å². The summed E-state index contributed by atoms with van der Waals surface area (Å²) in [6.45, 7) is 0. The van der Waals surface area contributed by atoms with Gasteiger partial charge in [0, 0.05) is 18.4 Å². The number of hydrogen-bond donors (Lipinski definition) is 1. The van der Waals surface area contributed by atoms with E-state index in [0.717, 1.165) is 31.2 Å². The van der Waals surface area contributed by atoms with E-state index < -0.39 is 0 Å². The highest BCUT2D eigenvalue weighted by atomic mass is 19.1. The molecule has 3 rings (SSSR count). The molecule has 5 nitrogen and oxygen atoms in total. The molecule has 6 heteroatoms. The first-order chi connectivity index (χ1) is 11.7. The first kappa shape index (κ1) is 16.4. The highest BCUT2D eigenvalue weighted by Crippen LogP contribution is 2.22. The van der Waals surface area contributed by atoms with E-state index in [1.54, 1.807) is 30.7 Å². The lowest BCUT2D eigenvalue weighted by atomic mass is 9.92. The van der Waals surface area contributed by atoms with Gasteiger partial charge in [-0.2, -0.15) is 0 Å². The number of amides is 1. The molecule has 1 fully saturated rings. The van der Waals surface area contributed by atoms with E-state index in [1.807, 2.05) is 0 Å². The zero-order chi connectivity index (χ0) is 16.8. The lowest BCUT2D eigenvalue weighted by molar-refractivity contribution is -0.121. The van der Waals surface area contributed by atoms with Crippen LogP contribution in [0.4, 0.5) is 4.39 Å². The van der Waals surface area contributed by atoms with Crippen LogP contribution in [0.2, 0.25) is 0 Å². The average Bonchev–Trinajstić information content (AvgIpc) is 2.60. The SMILES string of the molecule is O=C(Cc1ccc(F)cc1)NC1CCC(Oc2cnccn2)CC1. The number of carbonyl (C=O) groups is 1. The maximum Gasteiger partial charge on any atom is 0.232 e. The number of carbonyl (C=O) groups excluding carboxylic acids is 1. The summed E-state index contributed by atoms with van der Waals surface area (Å²) in [6.07, 6.45) is 8.72. The minimum absolute atomic E-state index is 0.0279. The van der Waals surface area contributed by atoms with E-state index >= 15 is 0 Å². The van der Waals surface area contributed by atoms with E-state index in [4.69, 9.17) is 4.74 Å². The first-order valence-corrected chi connectivity index (χ1v) is 8.15. The van der Waals surface area contributed by atoms with Gasteiger partial charge in [-0.3, -0.25) is 9.78 Å². The van der Waals surface area contributed by atoms with Crippen molar-refractivity contribution in [3.05, 3.63) is 54.2 Å². The Morgan fingerprint density at radius 3 is 2.58 bits per heavy atom. The Bertz CT molecular complexity index is 656. The van der Waals surface area contributed by atoms with Crippen LogP contribution in [0.5, 0.6) is 5.88 Å². The van der Waals surface area contributed by atoms with Crippen LogP contribution in [-0.2, 0) is 11.2 Å². The smallest absolute Gasteiger partial charge is 0.232 e. The summed E-state index contributed by atoms with van der Waals surface area (Å²) < 4.78 is 18.7. The molecule has 0 atom stereocenters. The maximum absolute atomic E-state index is 12.9. The van der Waals surface area contributed by atoms with Crippen LogP contribution >= 0.6 is 0 Å². The number of rotatable bonds is 5. The van der Waals surface area contributed by atoms with E-state index in [9.17, 15) is 9.18 Å². The molecule has 1 aliphatic carbocycles. The van der Waals surface area contributed by atoms with Crippen molar-refractivity contribution < 1.29 is 13.9 Å². The van der Waals surface area contributed by atoms with Crippen LogP contribution in [0.25, 0.3) is 0 Å². The van der Waals surface area contributed by atoms with E-state index in [0.29, 0.717) is 5.88 Å². The summed E-state index contributed by atoms with van der Waals surface area (Å²) in [5.74, 6) is 0.224. The van der Waals surface area contributed by atoms with E-state index in [-0.39, 0.29) is 30.3 Å². The second kappa shape index (κ2) is 7.86. The van der Waals surface area contributed by atoms with Gasteiger partial charge in [-0.1, -0.05) is 12.1 Å². The van der Waals surface area contributed by atoms with Crippen molar-refractivity contribution in [3.8, 4) is 5.88 Å². The minimum Gasteiger partial charge on any atom is -0.473 e. The van der Waals surface area contributed by atoms with E-state index in [2.05, 4.69) is 15.3 Å². The predicted molar refractivity (Wildman–Crippen MR) is 87.0 cm³/mol. The number of ether oxygens (including phenoxy) is 1. The van der Waals surface area contributed by atoms with Gasteiger partial charge in [0.05, 0.1) is 12.6 Å². The molecule has 126 valence electrons. The van der Waals surface area contributed by atoms with Crippen molar-refractivity contribution in [2.75, 3.05) is 0 Å². The third kappa shape index (κ3) is 4.75. The van der Waals surface area contributed by atoms with Crippen LogP contribution in [-0.4, -0.2) is 28.0 Å². The lowest BCUT2D eigenvalue weighted by Gasteiger charge is -2.29. The van der Waals surface area contributed by atoms with Crippen molar-refractivity contribution in [2.24, 2.45) is 0 Å². The summed E-state index contributed by atoms with van der Waals surface area (Å²) in [5, 5.41) is 3.05. The predicted octanol–water partition coefficient (Wildman–Crippen LogP) is 2.66. The molecule has 0 unspecified atom stereocenters. The quantitative estimate of drug-likeness (QED) is 0.916. The zero-order valence-corrected chi connectivity index (χ0v) is 13.3. The molecule has 0 radical (unpaired) electrons. The first-order valence-electron chi connectivity index (χ1n) is 8.15. The van der Waals surface area contributed by atoms with Gasteiger partial charge in [0.25, 0.3) is 0 Å². The minimum atomic E-state index is -0.291. The zero-order valence-electron chi connectivity index (χ0n) is 13.3. The molecule has 1 heterocycles. The molecule has 1 aromatic heterocycles. The molecule has 0 aliphatic heterocycles. The molecular formula is C18H20FN3O2. The molecule has 0 saturated heterocycles. The molecular weight excluding hydrogens is 309 g/mol. The summed E-state index contributed by atoms with van der Waals surface area (Å²) in [5.41, 5.74) is 0.813. The van der Waals surface area contributed by atoms with Gasteiger partial charge in [-0.15, -0.1) is 0 Å². The van der Waals surface area contributed by atoms with Crippen LogP contribution in [0.3, 0.4) is 0 Å². The third-order valence-electron chi connectivity index (χ3n) is 4.14. The summed E-state index contributed by atoms with van der Waals surface area (Å²) in [7, 11) is 0. The summed E-state index contributed by atoms with van der Waals surface area (Å²) >= 11 is 0. The fraction of sp³-hybridized carbons (Fsp3) is 0.389. The van der Waals surface area contributed by atoms with Gasteiger partial charge in [-0.25, -0.2) is 9.37 Å². The largest absolute Gasteiger partial charge is 0.473 e. The molecule has 1 amide bonds. The second-order valence-corrected chi connectivity index (χ2v) is 6.01. The number of aromatic nitrogens is 2. The third-order valence-corrected chi connectivity index (χ3v) is 4.14. The molecule has 0 bridgehead atoms. The Morgan fingerprint density at radius 2 is 1.92 bits per heavy atom. The van der Waals surface area contributed by atoms with Crippen molar-refractivity contribution in [2.45, 2.75) is 44.2 Å². The lowest BCUT2D eigenvalue weighted by Crippen LogP contribution is -2.40. The summed E-state index contributed by atoms with van der Waals surface area (Å²) in [4.78, 5) is 20.2. The van der Waals surface area contributed by atoms with Crippen LogP contribution < -0.4 is 10.1 Å². The average molecular weight is 329 g/mol. The highest BCUT2D eigenvalue weighted by molar-refractivity contribution is 5.78. The normalized spacial score (nSPS) is 20.4. The topological polar surface area (TPSA) is 64.1 Å². The Balaban J connectivity index is 1.41. The number of halogens is 1. The number of benzene rings is 1. The Hall–Kier alpha value is -2.50. The van der Waals surface area contributed by atoms with Crippen molar-refractivity contribution in [3.63, 3.8) is 0 Å². The maximum atomic E-state index is 12.9. The second-order valence-electron chi connectivity index (χ2n) is 6.01. The molecule has 2 aromatic rings. The Labute approximate surface area is 140 Å². The Kier molecular flexibility index (Phi) is 5.36. The van der Waals surface area contributed by atoms with E-state index in [1.165, 1.54) is 12.1 Å². The monoisotopic (exact) mass is 329 g/mol. The fourth-order valence-electron chi connectivity index (χ4n) is 2.91. The van der Waals surface area contributed by atoms with Crippen LogP contribution in [0.15, 0.2) is 42.9 Å². The van der Waals surface area contributed by atoms with Crippen LogP contribution in [0.1, 0.15) is 31.2 Å². The molecule has 0 spiro atoms.